The van der Waals surface area contributed by atoms with E-state index in [-0.39, 0.29) is 0 Å². The van der Waals surface area contributed by atoms with Crippen molar-refractivity contribution in [1.29, 1.82) is 5.41 Å². The minimum absolute atomic E-state index is 0.423. The number of nitrogens with one attached hydrogen (secondary N) is 1. The summed E-state index contributed by atoms with van der Waals surface area (Å²) in [5.74, 6) is 0.423. The van der Waals surface area contributed by atoms with Gasteiger partial charge in [-0.15, -0.1) is 0 Å². The lowest BCUT2D eigenvalue weighted by molar-refractivity contribution is 1.24. The van der Waals surface area contributed by atoms with Crippen LogP contribution in [0.4, 0.5) is 0 Å². The van der Waals surface area contributed by atoms with Crippen LogP contribution >= 0.6 is 0 Å². The zero-order chi connectivity index (χ0) is 23.5. The molecule has 1 aliphatic carbocycles. The highest BCUT2D eigenvalue weighted by Crippen LogP contribution is 2.49. The molecule has 2 heteroatoms. The van der Waals surface area contributed by atoms with Gasteiger partial charge in [0.05, 0.1) is 11.0 Å². The van der Waals surface area contributed by atoms with Crippen LogP contribution in [-0.4, -0.2) is 10.4 Å². The average molecular weight is 447 g/mol. The molecule has 1 aliphatic rings. The number of rotatable bonds is 3. The first-order valence-electron chi connectivity index (χ1n) is 11.8. The van der Waals surface area contributed by atoms with Crippen LogP contribution in [0.5, 0.6) is 0 Å². The van der Waals surface area contributed by atoms with Crippen LogP contribution in [0.1, 0.15) is 0 Å². The zero-order valence-electron chi connectivity index (χ0n) is 19.1. The number of hydrogen-bond acceptors (Lipinski definition) is 1. The summed E-state index contributed by atoms with van der Waals surface area (Å²) in [5.41, 5.74) is 9.75. The van der Waals surface area contributed by atoms with Crippen LogP contribution in [-0.2, 0) is 0 Å². The Kier molecular flexibility index (Phi) is 4.18. The molecule has 0 saturated carbocycles. The first-order valence-corrected chi connectivity index (χ1v) is 11.8. The van der Waals surface area contributed by atoms with Crippen molar-refractivity contribution in [1.82, 2.24) is 4.57 Å². The van der Waals surface area contributed by atoms with Gasteiger partial charge in [0.2, 0.25) is 0 Å². The van der Waals surface area contributed by atoms with Gasteiger partial charge in [0.25, 0.3) is 0 Å². The summed E-state index contributed by atoms with van der Waals surface area (Å²) in [5, 5.41) is 13.6. The average Bonchev–Trinajstić information content (AvgIpc) is 3.42. The van der Waals surface area contributed by atoms with Gasteiger partial charge < -0.3 is 0 Å². The number of aromatic nitrogens is 1. The molecule has 0 amide bonds. The van der Waals surface area contributed by atoms with Crippen LogP contribution in [0.3, 0.4) is 0 Å². The number of benzene rings is 5. The zero-order valence-corrected chi connectivity index (χ0v) is 19.1. The quantitative estimate of drug-likeness (QED) is 0.160. The lowest BCUT2D eigenvalue weighted by Crippen LogP contribution is -2.06. The molecule has 164 valence electrons. The van der Waals surface area contributed by atoms with Crippen LogP contribution in [0, 0.1) is 5.41 Å². The number of nitrogens with zero attached hydrogens (tertiary/aromatic N) is 1. The largest absolute Gasteiger partial charge is 0.294 e. The predicted octanol–water partition coefficient (Wildman–Crippen LogP) is 8.83. The Labute approximate surface area is 203 Å². The number of para-hydroxylation sites is 1. The molecule has 5 aromatic carbocycles. The smallest absolute Gasteiger partial charge is 0.129 e. The molecule has 2 nitrogen and oxygen atoms in total. The van der Waals surface area contributed by atoms with Crippen molar-refractivity contribution < 1.29 is 0 Å². The van der Waals surface area contributed by atoms with E-state index in [1.54, 1.807) is 12.2 Å². The van der Waals surface area contributed by atoms with Gasteiger partial charge in [-0.2, -0.15) is 0 Å². The van der Waals surface area contributed by atoms with E-state index in [1.165, 1.54) is 44.2 Å². The van der Waals surface area contributed by atoms with Gasteiger partial charge >= 0.3 is 0 Å². The second-order valence-electron chi connectivity index (χ2n) is 9.00. The van der Waals surface area contributed by atoms with Crippen molar-refractivity contribution in [2.75, 3.05) is 0 Å². The van der Waals surface area contributed by atoms with Gasteiger partial charge in [-0.25, -0.2) is 0 Å². The Balaban J connectivity index is 1.49. The van der Waals surface area contributed by atoms with Gasteiger partial charge in [0.15, 0.2) is 0 Å². The van der Waals surface area contributed by atoms with Gasteiger partial charge in [-0.3, -0.25) is 9.98 Å². The Bertz CT molecular complexity index is 1850. The van der Waals surface area contributed by atoms with E-state index in [9.17, 15) is 0 Å². The summed E-state index contributed by atoms with van der Waals surface area (Å²) in [4.78, 5) is 0. The van der Waals surface area contributed by atoms with Gasteiger partial charge in [-0.05, 0) is 68.4 Å². The summed E-state index contributed by atoms with van der Waals surface area (Å²) in [6.45, 7) is 3.75. The van der Waals surface area contributed by atoms with Gasteiger partial charge in [-0.1, -0.05) is 97.6 Å². The fourth-order valence-corrected chi connectivity index (χ4v) is 5.69. The molecule has 0 radical (unpaired) electrons. The van der Waals surface area contributed by atoms with E-state index >= 15 is 0 Å². The van der Waals surface area contributed by atoms with Crippen molar-refractivity contribution >= 4 is 38.4 Å². The molecule has 1 heterocycles. The molecule has 0 spiro atoms. The normalized spacial score (nSPS) is 12.1. The third kappa shape index (κ3) is 2.74. The Morgan fingerprint density at radius 2 is 1.29 bits per heavy atom. The lowest BCUT2D eigenvalue weighted by Gasteiger charge is -2.11. The molecule has 1 aromatic heterocycles. The van der Waals surface area contributed by atoms with E-state index in [1.807, 2.05) is 16.7 Å². The van der Waals surface area contributed by atoms with E-state index in [0.717, 1.165) is 21.8 Å². The molecule has 0 unspecified atom stereocenters. The molecule has 0 aliphatic heterocycles. The second-order valence-corrected chi connectivity index (χ2v) is 9.00. The molecule has 7 rings (SSSR count). The van der Waals surface area contributed by atoms with E-state index in [2.05, 4.69) is 97.6 Å². The van der Waals surface area contributed by atoms with Crippen molar-refractivity contribution in [2.45, 2.75) is 0 Å². The number of fused-ring (bicyclic) bond motifs is 6. The summed E-state index contributed by atoms with van der Waals surface area (Å²) >= 11 is 0. The third-order valence-corrected chi connectivity index (χ3v) is 7.16. The maximum Gasteiger partial charge on any atom is 0.129 e. The standard InChI is InChI=1S/C33H22N2/c1-2-3-15-32(34)35-30-14-7-6-11-25(30)29-20-21(16-19-31(29)35)22-17-18-28-24-10-5-4-9-23(24)27-13-8-12-26(22)33(27)28/h2-20,34H,1H2/b15-3-,34-32?. The first-order chi connectivity index (χ1) is 17.3. The minimum Gasteiger partial charge on any atom is -0.294 e. The molecular formula is C33H22N2. The molecule has 0 atom stereocenters. The summed E-state index contributed by atoms with van der Waals surface area (Å²) in [6.07, 6.45) is 5.30. The minimum atomic E-state index is 0.423. The number of hydrogen-bond donors (Lipinski definition) is 1. The van der Waals surface area contributed by atoms with Crippen LogP contribution < -0.4 is 0 Å². The van der Waals surface area contributed by atoms with E-state index in [4.69, 9.17) is 5.41 Å². The fraction of sp³-hybridized carbons (Fsp3) is 0. The van der Waals surface area contributed by atoms with E-state index in [0.29, 0.717) is 5.84 Å². The monoisotopic (exact) mass is 446 g/mol. The first kappa shape index (κ1) is 19.7. The van der Waals surface area contributed by atoms with Crippen molar-refractivity contribution in [3.8, 4) is 33.4 Å². The summed E-state index contributed by atoms with van der Waals surface area (Å²) in [7, 11) is 0. The highest BCUT2D eigenvalue weighted by Gasteiger charge is 2.22. The SMILES string of the molecule is C=C/C=C\C(=N)n1c2ccccc2c2cc(-c3ccc4c5c(cccc35)-c3ccccc3-4)ccc21. The van der Waals surface area contributed by atoms with Crippen molar-refractivity contribution in [3.63, 3.8) is 0 Å². The third-order valence-electron chi connectivity index (χ3n) is 7.16. The van der Waals surface area contributed by atoms with Crippen molar-refractivity contribution in [2.24, 2.45) is 0 Å². The van der Waals surface area contributed by atoms with Crippen LogP contribution in [0.25, 0.3) is 66.0 Å². The molecule has 0 bridgehead atoms. The molecular weight excluding hydrogens is 424 g/mol. The highest BCUT2D eigenvalue weighted by atomic mass is 15.0. The fourth-order valence-electron chi connectivity index (χ4n) is 5.69. The summed E-state index contributed by atoms with van der Waals surface area (Å²) in [6, 6.07) is 34.8. The van der Waals surface area contributed by atoms with Gasteiger partial charge in [0.1, 0.15) is 5.84 Å². The van der Waals surface area contributed by atoms with Gasteiger partial charge in [0, 0.05) is 10.8 Å². The maximum absolute atomic E-state index is 8.69. The van der Waals surface area contributed by atoms with E-state index < -0.39 is 0 Å². The second kappa shape index (κ2) is 7.41. The molecule has 0 saturated heterocycles. The van der Waals surface area contributed by atoms with Crippen LogP contribution in [0.2, 0.25) is 0 Å². The Morgan fingerprint density at radius 1 is 0.629 bits per heavy atom. The molecule has 0 fully saturated rings. The predicted molar refractivity (Wildman–Crippen MR) is 149 cm³/mol. The molecule has 6 aromatic rings. The highest BCUT2D eigenvalue weighted by molar-refractivity contribution is 6.20. The maximum atomic E-state index is 8.69. The van der Waals surface area contributed by atoms with Crippen molar-refractivity contribution in [3.05, 3.63) is 122 Å². The Hall–Kier alpha value is -4.69. The molecule has 35 heavy (non-hydrogen) atoms. The Morgan fingerprint density at radius 3 is 2.11 bits per heavy atom. The number of allylic oxidation sites excluding steroid dienone is 3. The van der Waals surface area contributed by atoms with Crippen LogP contribution in [0.15, 0.2) is 122 Å². The molecule has 1 N–H and O–H groups in total. The lowest BCUT2D eigenvalue weighted by atomic mass is 9.93. The summed E-state index contributed by atoms with van der Waals surface area (Å²) < 4.78 is 2.01. The topological polar surface area (TPSA) is 28.8 Å².